The minimum Gasteiger partial charge on any atom is -0.378 e. The second-order valence-corrected chi connectivity index (χ2v) is 8.05. The lowest BCUT2D eigenvalue weighted by molar-refractivity contribution is -0.118. The van der Waals surface area contributed by atoms with E-state index in [2.05, 4.69) is 4.98 Å². The molecule has 0 radical (unpaired) electrons. The fourth-order valence-corrected chi connectivity index (χ4v) is 4.39. The van der Waals surface area contributed by atoms with Crippen molar-refractivity contribution in [1.29, 1.82) is 0 Å². The van der Waals surface area contributed by atoms with Crippen LogP contribution in [0.5, 0.6) is 0 Å². The third-order valence-electron chi connectivity index (χ3n) is 6.06. The normalized spacial score (nSPS) is 14.8. The summed E-state index contributed by atoms with van der Waals surface area (Å²) in [5.74, 6) is -1.23. The van der Waals surface area contributed by atoms with Crippen molar-refractivity contribution in [1.82, 2.24) is 14.3 Å². The molecule has 166 valence electrons. The molecule has 7 heteroatoms. The molecular weight excluding hydrogens is 416 g/mol. The minimum atomic E-state index is -0.717. The number of carbonyl (C=O) groups is 2. The van der Waals surface area contributed by atoms with Crippen molar-refractivity contribution in [3.05, 3.63) is 96.1 Å². The van der Waals surface area contributed by atoms with Crippen LogP contribution in [-0.2, 0) is 9.53 Å². The van der Waals surface area contributed by atoms with Gasteiger partial charge in [0.15, 0.2) is 0 Å². The Labute approximate surface area is 191 Å². The van der Waals surface area contributed by atoms with Gasteiger partial charge in [-0.15, -0.1) is 0 Å². The molecule has 33 heavy (non-hydrogen) atoms. The van der Waals surface area contributed by atoms with Gasteiger partial charge in [-0.2, -0.15) is 0 Å². The van der Waals surface area contributed by atoms with Crippen LogP contribution in [0.1, 0.15) is 27.5 Å². The molecule has 7 nitrogen and oxygen atoms in total. The first-order chi connectivity index (χ1) is 16.1. The van der Waals surface area contributed by atoms with Gasteiger partial charge in [-0.3, -0.25) is 9.59 Å². The summed E-state index contributed by atoms with van der Waals surface area (Å²) in [5, 5.41) is 0. The zero-order valence-corrected chi connectivity index (χ0v) is 18.1. The number of nitrogens with zero attached hydrogens (tertiary/aromatic N) is 3. The minimum absolute atomic E-state index is 0.0397. The predicted octanol–water partition coefficient (Wildman–Crippen LogP) is 3.09. The summed E-state index contributed by atoms with van der Waals surface area (Å²) >= 11 is 0. The number of hydrogen-bond donors (Lipinski definition) is 1. The molecule has 3 heterocycles. The second-order valence-electron chi connectivity index (χ2n) is 8.05. The Morgan fingerprint density at radius 3 is 2.36 bits per heavy atom. The van der Waals surface area contributed by atoms with Gasteiger partial charge in [0.1, 0.15) is 5.92 Å². The van der Waals surface area contributed by atoms with Crippen LogP contribution in [-0.4, -0.2) is 52.4 Å². The van der Waals surface area contributed by atoms with Crippen LogP contribution in [0.3, 0.4) is 0 Å². The number of ether oxygens (including phenoxy) is 1. The number of aromatic nitrogens is 2. The highest BCUT2D eigenvalue weighted by Gasteiger charge is 2.27. The first-order valence-electron chi connectivity index (χ1n) is 10.9. The maximum atomic E-state index is 12.8. The monoisotopic (exact) mass is 440 g/mol. The number of fused-ring (bicyclic) bond motifs is 1. The van der Waals surface area contributed by atoms with Gasteiger partial charge >= 0.3 is 0 Å². The summed E-state index contributed by atoms with van der Waals surface area (Å²) in [6.45, 7) is 2.25. The molecule has 0 saturated carbocycles. The number of hydrogen-bond acceptors (Lipinski definition) is 4. The second kappa shape index (κ2) is 8.88. The third kappa shape index (κ3) is 3.99. The van der Waals surface area contributed by atoms with E-state index >= 15 is 0 Å². The van der Waals surface area contributed by atoms with E-state index in [9.17, 15) is 9.59 Å². The van der Waals surface area contributed by atoms with Crippen molar-refractivity contribution in [2.24, 2.45) is 5.73 Å². The number of primary amides is 1. The quantitative estimate of drug-likeness (QED) is 0.516. The lowest BCUT2D eigenvalue weighted by atomic mass is 9.88. The van der Waals surface area contributed by atoms with Gasteiger partial charge in [-0.25, -0.2) is 4.98 Å². The van der Waals surface area contributed by atoms with E-state index in [4.69, 9.17) is 10.5 Å². The molecule has 2 amide bonds. The van der Waals surface area contributed by atoms with Crippen LogP contribution < -0.4 is 5.73 Å². The molecule has 0 bridgehead atoms. The van der Waals surface area contributed by atoms with E-state index in [1.54, 1.807) is 29.6 Å². The van der Waals surface area contributed by atoms with Gasteiger partial charge in [0.05, 0.1) is 31.3 Å². The number of imidazole rings is 1. The molecule has 1 aliphatic rings. The summed E-state index contributed by atoms with van der Waals surface area (Å²) in [7, 11) is 0. The van der Waals surface area contributed by atoms with Crippen molar-refractivity contribution < 1.29 is 14.3 Å². The number of amides is 2. The maximum absolute atomic E-state index is 12.8. The number of rotatable bonds is 5. The Morgan fingerprint density at radius 2 is 1.67 bits per heavy atom. The molecule has 0 spiro atoms. The lowest BCUT2D eigenvalue weighted by Crippen LogP contribution is -2.40. The number of carbonyl (C=O) groups excluding carboxylic acids is 2. The molecular formula is C26H24N4O3. The molecule has 5 rings (SSSR count). The van der Waals surface area contributed by atoms with Crippen molar-refractivity contribution in [2.45, 2.75) is 5.92 Å². The van der Waals surface area contributed by atoms with Crippen molar-refractivity contribution in [3.8, 4) is 11.1 Å². The van der Waals surface area contributed by atoms with Gasteiger partial charge in [0.2, 0.25) is 5.91 Å². The SMILES string of the molecule is NC(=O)C(c1ccc(C(=O)N2CCOCC2)cc1)c1c(-c2ccccc2)ccc2cncn12. The first-order valence-corrected chi connectivity index (χ1v) is 10.9. The Kier molecular flexibility index (Phi) is 5.62. The smallest absolute Gasteiger partial charge is 0.254 e. The molecule has 2 aromatic heterocycles. The Balaban J connectivity index is 1.58. The molecule has 1 fully saturated rings. The molecule has 1 aliphatic heterocycles. The molecule has 2 aromatic carbocycles. The largest absolute Gasteiger partial charge is 0.378 e. The molecule has 1 atom stereocenters. The first kappa shape index (κ1) is 20.9. The summed E-state index contributed by atoms with van der Waals surface area (Å²) in [6, 6.07) is 21.0. The Morgan fingerprint density at radius 1 is 0.939 bits per heavy atom. The van der Waals surface area contributed by atoms with E-state index in [0.29, 0.717) is 31.9 Å². The third-order valence-corrected chi connectivity index (χ3v) is 6.06. The molecule has 4 aromatic rings. The highest BCUT2D eigenvalue weighted by Crippen LogP contribution is 2.34. The lowest BCUT2D eigenvalue weighted by Gasteiger charge is -2.27. The molecule has 2 N–H and O–H groups in total. The van der Waals surface area contributed by atoms with Gasteiger partial charge < -0.3 is 19.8 Å². The number of benzene rings is 2. The molecule has 1 unspecified atom stereocenters. The summed E-state index contributed by atoms with van der Waals surface area (Å²) in [4.78, 5) is 31.7. The zero-order valence-electron chi connectivity index (χ0n) is 18.1. The topological polar surface area (TPSA) is 89.9 Å². The maximum Gasteiger partial charge on any atom is 0.254 e. The predicted molar refractivity (Wildman–Crippen MR) is 125 cm³/mol. The molecule has 1 saturated heterocycles. The van der Waals surface area contributed by atoms with Crippen LogP contribution >= 0.6 is 0 Å². The van der Waals surface area contributed by atoms with Crippen molar-refractivity contribution in [2.75, 3.05) is 26.3 Å². The van der Waals surface area contributed by atoms with Crippen molar-refractivity contribution >= 4 is 17.3 Å². The number of nitrogens with two attached hydrogens (primary N) is 1. The van der Waals surface area contributed by atoms with E-state index in [1.807, 2.05) is 59.0 Å². The highest BCUT2D eigenvalue weighted by atomic mass is 16.5. The van der Waals surface area contributed by atoms with Gasteiger partial charge in [0, 0.05) is 29.9 Å². The molecule has 0 aliphatic carbocycles. The average Bonchev–Trinajstić information content (AvgIpc) is 3.34. The summed E-state index contributed by atoms with van der Waals surface area (Å²) in [6.07, 6.45) is 3.45. The highest BCUT2D eigenvalue weighted by molar-refractivity contribution is 5.95. The fraction of sp³-hybridized carbons (Fsp3) is 0.192. The van der Waals surface area contributed by atoms with Crippen LogP contribution in [0.2, 0.25) is 0 Å². The summed E-state index contributed by atoms with van der Waals surface area (Å²) in [5.41, 5.74) is 10.8. The van der Waals surface area contributed by atoms with Crippen LogP contribution in [0.25, 0.3) is 16.6 Å². The van der Waals surface area contributed by atoms with E-state index in [1.165, 1.54) is 0 Å². The average molecular weight is 441 g/mol. The number of morpholine rings is 1. The summed E-state index contributed by atoms with van der Waals surface area (Å²) < 4.78 is 7.24. The van der Waals surface area contributed by atoms with Gasteiger partial charge in [0.25, 0.3) is 5.91 Å². The van der Waals surface area contributed by atoms with Crippen LogP contribution in [0, 0.1) is 0 Å². The van der Waals surface area contributed by atoms with E-state index < -0.39 is 11.8 Å². The fourth-order valence-electron chi connectivity index (χ4n) is 4.39. The van der Waals surface area contributed by atoms with Crippen LogP contribution in [0.4, 0.5) is 0 Å². The van der Waals surface area contributed by atoms with Gasteiger partial charge in [-0.05, 0) is 29.3 Å². The van der Waals surface area contributed by atoms with E-state index in [0.717, 1.165) is 27.9 Å². The van der Waals surface area contributed by atoms with Crippen molar-refractivity contribution in [3.63, 3.8) is 0 Å². The van der Waals surface area contributed by atoms with E-state index in [-0.39, 0.29) is 5.91 Å². The Bertz CT molecular complexity index is 1290. The van der Waals surface area contributed by atoms with Gasteiger partial charge in [-0.1, -0.05) is 48.5 Å². The number of pyridine rings is 1. The van der Waals surface area contributed by atoms with Crippen LogP contribution in [0.15, 0.2) is 79.3 Å². The Hall–Kier alpha value is -3.97. The standard InChI is InChI=1S/C26H24N4O3/c27-25(31)23(19-6-8-20(9-7-19)26(32)29-12-14-33-15-13-29)24-22(18-4-2-1-3-5-18)11-10-21-16-28-17-30(21)24/h1-11,16-17,23H,12-15H2,(H2,27,31). The zero-order chi connectivity index (χ0) is 22.8.